The highest BCUT2D eigenvalue weighted by molar-refractivity contribution is 5.86. The summed E-state index contributed by atoms with van der Waals surface area (Å²) in [6.45, 7) is 0. The largest absolute Gasteiger partial charge is 0.397 e. The first kappa shape index (κ1) is 11.9. The van der Waals surface area contributed by atoms with Gasteiger partial charge in [-0.2, -0.15) is 0 Å². The first-order valence-electron chi connectivity index (χ1n) is 6.56. The zero-order valence-corrected chi connectivity index (χ0v) is 11.0. The van der Waals surface area contributed by atoms with Gasteiger partial charge in [0.1, 0.15) is 23.0 Å². The van der Waals surface area contributed by atoms with Crippen molar-refractivity contribution in [3.05, 3.63) is 53.9 Å². The van der Waals surface area contributed by atoms with Gasteiger partial charge in [0.2, 0.25) is 0 Å². The Morgan fingerprint density at radius 2 is 1.81 bits per heavy atom. The van der Waals surface area contributed by atoms with Gasteiger partial charge in [0, 0.05) is 6.07 Å². The second-order valence-corrected chi connectivity index (χ2v) is 4.95. The fraction of sp³-hybridized carbons (Fsp3) is 0.0667. The number of nitrogens with one attached hydrogen (secondary N) is 2. The van der Waals surface area contributed by atoms with E-state index in [1.807, 2.05) is 18.2 Å². The van der Waals surface area contributed by atoms with Gasteiger partial charge in [0.15, 0.2) is 0 Å². The molecule has 0 atom stereocenters. The van der Waals surface area contributed by atoms with Crippen molar-refractivity contribution in [3.8, 4) is 0 Å². The van der Waals surface area contributed by atoms with Crippen molar-refractivity contribution in [1.29, 1.82) is 0 Å². The zero-order chi connectivity index (χ0) is 14.4. The monoisotopic (exact) mass is 281 g/mol. The topological polar surface area (TPSA) is 83.4 Å². The Morgan fingerprint density at radius 1 is 1.00 bits per heavy atom. The van der Waals surface area contributed by atoms with Crippen LogP contribution < -0.4 is 5.73 Å². The summed E-state index contributed by atoms with van der Waals surface area (Å²) in [7, 11) is 0. The van der Waals surface area contributed by atoms with E-state index in [2.05, 4.69) is 19.9 Å². The van der Waals surface area contributed by atoms with Crippen molar-refractivity contribution in [2.24, 2.45) is 0 Å². The van der Waals surface area contributed by atoms with Crippen LogP contribution >= 0.6 is 0 Å². The maximum Gasteiger partial charge on any atom is 0.125 e. The van der Waals surface area contributed by atoms with Gasteiger partial charge in [-0.05, 0) is 24.3 Å². The minimum Gasteiger partial charge on any atom is -0.397 e. The molecule has 2 aromatic heterocycles. The molecule has 6 heteroatoms. The third-order valence-corrected chi connectivity index (χ3v) is 3.42. The molecule has 2 aromatic carbocycles. The maximum absolute atomic E-state index is 13.2. The molecule has 0 fully saturated rings. The number of nitrogens with two attached hydrogens (primary N) is 1. The lowest BCUT2D eigenvalue weighted by atomic mass is 10.3. The molecule has 0 bridgehead atoms. The summed E-state index contributed by atoms with van der Waals surface area (Å²) >= 11 is 0. The Labute approximate surface area is 119 Å². The number of nitrogen functional groups attached to an aromatic ring is 1. The van der Waals surface area contributed by atoms with Gasteiger partial charge in [0.25, 0.3) is 0 Å². The van der Waals surface area contributed by atoms with Crippen LogP contribution in [0, 0.1) is 5.82 Å². The number of H-pyrrole nitrogens is 2. The molecule has 4 rings (SSSR count). The molecule has 4 aromatic rings. The van der Waals surface area contributed by atoms with E-state index in [0.717, 1.165) is 28.2 Å². The molecule has 104 valence electrons. The third kappa shape index (κ3) is 2.01. The number of imidazole rings is 2. The quantitative estimate of drug-likeness (QED) is 0.494. The predicted molar refractivity (Wildman–Crippen MR) is 79.4 cm³/mol. The fourth-order valence-corrected chi connectivity index (χ4v) is 2.46. The second-order valence-electron chi connectivity index (χ2n) is 4.95. The third-order valence-electron chi connectivity index (χ3n) is 3.42. The zero-order valence-electron chi connectivity index (χ0n) is 11.0. The molecule has 0 unspecified atom stereocenters. The number of hydrogen-bond donors (Lipinski definition) is 3. The highest BCUT2D eigenvalue weighted by Gasteiger charge is 2.09. The fourth-order valence-electron chi connectivity index (χ4n) is 2.46. The lowest BCUT2D eigenvalue weighted by Gasteiger charge is -1.91. The number of aromatic amines is 2. The number of rotatable bonds is 2. The SMILES string of the molecule is Nc1cccc2[nH]c(Cc3nc4cc(F)ccc4[nH]3)nc12. The van der Waals surface area contributed by atoms with Gasteiger partial charge < -0.3 is 15.7 Å². The van der Waals surface area contributed by atoms with E-state index >= 15 is 0 Å². The van der Waals surface area contributed by atoms with Crippen LogP contribution in [-0.4, -0.2) is 19.9 Å². The Kier molecular flexibility index (Phi) is 2.44. The number of benzene rings is 2. The number of anilines is 1. The van der Waals surface area contributed by atoms with Crippen LogP contribution in [-0.2, 0) is 6.42 Å². The van der Waals surface area contributed by atoms with E-state index in [1.165, 1.54) is 12.1 Å². The lowest BCUT2D eigenvalue weighted by molar-refractivity contribution is 0.629. The molecule has 2 heterocycles. The minimum atomic E-state index is -0.294. The average Bonchev–Trinajstić information content (AvgIpc) is 3.02. The summed E-state index contributed by atoms with van der Waals surface area (Å²) in [5, 5.41) is 0. The normalized spacial score (nSPS) is 11.5. The molecule has 5 nitrogen and oxygen atoms in total. The molecule has 0 saturated carbocycles. The Hall–Kier alpha value is -2.89. The number of hydrogen-bond acceptors (Lipinski definition) is 3. The van der Waals surface area contributed by atoms with Crippen molar-refractivity contribution in [3.63, 3.8) is 0 Å². The summed E-state index contributed by atoms with van der Waals surface area (Å²) in [5.74, 6) is 1.20. The van der Waals surface area contributed by atoms with Crippen molar-refractivity contribution < 1.29 is 4.39 Å². The molecular formula is C15H12FN5. The minimum absolute atomic E-state index is 0.294. The average molecular weight is 281 g/mol. The Balaban J connectivity index is 1.73. The van der Waals surface area contributed by atoms with Gasteiger partial charge in [-0.3, -0.25) is 0 Å². The molecule has 0 saturated heterocycles. The van der Waals surface area contributed by atoms with Crippen LogP contribution in [0.3, 0.4) is 0 Å². The summed E-state index contributed by atoms with van der Waals surface area (Å²) < 4.78 is 13.2. The van der Waals surface area contributed by atoms with Crippen molar-refractivity contribution >= 4 is 27.8 Å². The molecule has 0 aliphatic rings. The molecule has 4 N–H and O–H groups in total. The molecule has 0 radical (unpaired) electrons. The van der Waals surface area contributed by atoms with Crippen LogP contribution in [0.1, 0.15) is 11.6 Å². The van der Waals surface area contributed by atoms with E-state index in [0.29, 0.717) is 17.6 Å². The maximum atomic E-state index is 13.2. The van der Waals surface area contributed by atoms with Crippen molar-refractivity contribution in [2.45, 2.75) is 6.42 Å². The van der Waals surface area contributed by atoms with Gasteiger partial charge in [0.05, 0.1) is 28.7 Å². The number of halogens is 1. The van der Waals surface area contributed by atoms with Crippen molar-refractivity contribution in [1.82, 2.24) is 19.9 Å². The Bertz CT molecular complexity index is 953. The van der Waals surface area contributed by atoms with E-state index in [-0.39, 0.29) is 5.82 Å². The highest BCUT2D eigenvalue weighted by Crippen LogP contribution is 2.20. The Morgan fingerprint density at radius 3 is 2.67 bits per heavy atom. The van der Waals surface area contributed by atoms with Gasteiger partial charge in [-0.15, -0.1) is 0 Å². The number of fused-ring (bicyclic) bond motifs is 2. The summed E-state index contributed by atoms with van der Waals surface area (Å²) in [6.07, 6.45) is 0.504. The van der Waals surface area contributed by atoms with Crippen LogP contribution in [0.5, 0.6) is 0 Å². The first-order valence-corrected chi connectivity index (χ1v) is 6.56. The van der Waals surface area contributed by atoms with E-state index in [4.69, 9.17) is 5.73 Å². The molecular weight excluding hydrogens is 269 g/mol. The molecule has 0 aliphatic heterocycles. The van der Waals surface area contributed by atoms with E-state index < -0.39 is 0 Å². The van der Waals surface area contributed by atoms with E-state index in [9.17, 15) is 4.39 Å². The van der Waals surface area contributed by atoms with Gasteiger partial charge in [-0.25, -0.2) is 14.4 Å². The van der Waals surface area contributed by atoms with Gasteiger partial charge in [-0.1, -0.05) is 6.07 Å². The van der Waals surface area contributed by atoms with Crippen LogP contribution in [0.15, 0.2) is 36.4 Å². The van der Waals surface area contributed by atoms with E-state index in [1.54, 1.807) is 6.07 Å². The number of para-hydroxylation sites is 1. The highest BCUT2D eigenvalue weighted by atomic mass is 19.1. The standard InChI is InChI=1S/C15H12FN5/c16-8-4-5-10-12(6-8)20-13(18-10)7-14-19-11-3-1-2-9(17)15(11)21-14/h1-6H,7,17H2,(H,18,20)(H,19,21). The number of nitrogens with zero attached hydrogens (tertiary/aromatic N) is 2. The predicted octanol–water partition coefficient (Wildman–Crippen LogP) is 2.75. The summed E-state index contributed by atoms with van der Waals surface area (Å²) in [4.78, 5) is 15.2. The first-order chi connectivity index (χ1) is 10.2. The van der Waals surface area contributed by atoms with Crippen LogP contribution in [0.2, 0.25) is 0 Å². The number of aromatic nitrogens is 4. The van der Waals surface area contributed by atoms with Gasteiger partial charge >= 0.3 is 0 Å². The van der Waals surface area contributed by atoms with Crippen LogP contribution in [0.25, 0.3) is 22.1 Å². The smallest absolute Gasteiger partial charge is 0.125 e. The lowest BCUT2D eigenvalue weighted by Crippen LogP contribution is -1.92. The molecule has 0 amide bonds. The molecule has 21 heavy (non-hydrogen) atoms. The summed E-state index contributed by atoms with van der Waals surface area (Å²) in [6, 6.07) is 10.1. The van der Waals surface area contributed by atoms with Crippen LogP contribution in [0.4, 0.5) is 10.1 Å². The van der Waals surface area contributed by atoms with Crippen molar-refractivity contribution in [2.75, 3.05) is 5.73 Å². The second kappa shape index (κ2) is 4.31. The molecule has 0 aliphatic carbocycles. The summed E-state index contributed by atoms with van der Waals surface area (Å²) in [5.41, 5.74) is 9.61. The molecule has 0 spiro atoms.